The normalized spacial score (nSPS) is 21.0. The van der Waals surface area contributed by atoms with Crippen molar-refractivity contribution in [3.8, 4) is 0 Å². The van der Waals surface area contributed by atoms with Crippen LogP contribution >= 0.6 is 0 Å². The van der Waals surface area contributed by atoms with Crippen LogP contribution in [0.2, 0.25) is 0 Å². The molecule has 0 aromatic rings. The number of aliphatic hydroxyl groups is 1. The summed E-state index contributed by atoms with van der Waals surface area (Å²) >= 11 is 0. The van der Waals surface area contributed by atoms with Crippen LogP contribution in [0.25, 0.3) is 0 Å². The fraction of sp³-hybridized carbons (Fsp3) is 1.00. The maximum Gasteiger partial charge on any atom is 0.0494 e. The Morgan fingerprint density at radius 3 is 2.42 bits per heavy atom. The number of rotatable bonds is 5. The largest absolute Gasteiger partial charge is 0.396 e. The standard InChI is InChI=1S/C10H21NO/c1-9(2,8-12)6-11-7-10(3)4-5-10/h11-12H,4-8H2,1-3H3. The van der Waals surface area contributed by atoms with E-state index < -0.39 is 0 Å². The Balaban J connectivity index is 2.09. The van der Waals surface area contributed by atoms with Crippen molar-refractivity contribution in [3.05, 3.63) is 0 Å². The Morgan fingerprint density at radius 1 is 1.42 bits per heavy atom. The third-order valence-electron chi connectivity index (χ3n) is 2.69. The van der Waals surface area contributed by atoms with Gasteiger partial charge in [0.1, 0.15) is 0 Å². The molecule has 0 aliphatic heterocycles. The van der Waals surface area contributed by atoms with Crippen LogP contribution in [0.4, 0.5) is 0 Å². The first kappa shape index (κ1) is 10.0. The minimum atomic E-state index is 0.0330. The van der Waals surface area contributed by atoms with E-state index in [0.717, 1.165) is 13.1 Å². The van der Waals surface area contributed by atoms with Gasteiger partial charge in [-0.3, -0.25) is 0 Å². The molecule has 0 heterocycles. The zero-order valence-corrected chi connectivity index (χ0v) is 8.48. The second-order valence-electron chi connectivity index (χ2n) is 5.24. The highest BCUT2D eigenvalue weighted by Gasteiger charge is 2.36. The highest BCUT2D eigenvalue weighted by molar-refractivity contribution is 4.90. The van der Waals surface area contributed by atoms with Gasteiger partial charge in [-0.05, 0) is 18.3 Å². The van der Waals surface area contributed by atoms with Crippen molar-refractivity contribution in [1.29, 1.82) is 0 Å². The fourth-order valence-corrected chi connectivity index (χ4v) is 1.15. The van der Waals surface area contributed by atoms with E-state index in [-0.39, 0.29) is 12.0 Å². The summed E-state index contributed by atoms with van der Waals surface area (Å²) in [7, 11) is 0. The first-order valence-electron chi connectivity index (χ1n) is 4.79. The van der Waals surface area contributed by atoms with Gasteiger partial charge in [0.25, 0.3) is 0 Å². The smallest absolute Gasteiger partial charge is 0.0494 e. The molecule has 0 atom stereocenters. The maximum absolute atomic E-state index is 9.00. The van der Waals surface area contributed by atoms with Crippen LogP contribution in [0.3, 0.4) is 0 Å². The van der Waals surface area contributed by atoms with Crippen molar-refractivity contribution >= 4 is 0 Å². The Hall–Kier alpha value is -0.0800. The molecule has 1 fully saturated rings. The summed E-state index contributed by atoms with van der Waals surface area (Å²) in [6.45, 7) is 8.75. The summed E-state index contributed by atoms with van der Waals surface area (Å²) < 4.78 is 0. The summed E-state index contributed by atoms with van der Waals surface area (Å²) in [6.07, 6.45) is 2.72. The zero-order valence-electron chi connectivity index (χ0n) is 8.48. The van der Waals surface area contributed by atoms with Gasteiger partial charge in [-0.15, -0.1) is 0 Å². The topological polar surface area (TPSA) is 32.3 Å². The van der Waals surface area contributed by atoms with Crippen LogP contribution in [0, 0.1) is 10.8 Å². The first-order chi connectivity index (χ1) is 5.47. The lowest BCUT2D eigenvalue weighted by molar-refractivity contribution is 0.155. The Morgan fingerprint density at radius 2 is 2.00 bits per heavy atom. The van der Waals surface area contributed by atoms with Crippen LogP contribution in [0.15, 0.2) is 0 Å². The van der Waals surface area contributed by atoms with E-state index >= 15 is 0 Å². The lowest BCUT2D eigenvalue weighted by atomic mass is 9.95. The second kappa shape index (κ2) is 3.35. The van der Waals surface area contributed by atoms with E-state index in [1.165, 1.54) is 12.8 Å². The molecule has 72 valence electrons. The lowest BCUT2D eigenvalue weighted by Crippen LogP contribution is -2.34. The molecule has 2 N–H and O–H groups in total. The maximum atomic E-state index is 9.00. The van der Waals surface area contributed by atoms with Crippen LogP contribution in [-0.4, -0.2) is 24.8 Å². The Kier molecular flexibility index (Phi) is 2.79. The summed E-state index contributed by atoms with van der Waals surface area (Å²) in [5.41, 5.74) is 0.608. The predicted molar refractivity (Wildman–Crippen MR) is 51.1 cm³/mol. The Bertz CT molecular complexity index is 150. The van der Waals surface area contributed by atoms with E-state index in [1.54, 1.807) is 0 Å². The molecule has 0 saturated heterocycles. The molecular weight excluding hydrogens is 150 g/mol. The highest BCUT2D eigenvalue weighted by atomic mass is 16.3. The molecule has 0 aromatic carbocycles. The molecule has 2 nitrogen and oxygen atoms in total. The van der Waals surface area contributed by atoms with Crippen molar-refractivity contribution in [2.75, 3.05) is 19.7 Å². The molecule has 1 aliphatic rings. The van der Waals surface area contributed by atoms with Gasteiger partial charge in [-0.1, -0.05) is 20.8 Å². The second-order valence-corrected chi connectivity index (χ2v) is 5.24. The van der Waals surface area contributed by atoms with Crippen molar-refractivity contribution in [1.82, 2.24) is 5.32 Å². The number of nitrogens with one attached hydrogen (secondary N) is 1. The Labute approximate surface area is 75.4 Å². The molecule has 1 aliphatic carbocycles. The summed E-state index contributed by atoms with van der Waals surface area (Å²) in [5.74, 6) is 0. The molecule has 2 heteroatoms. The van der Waals surface area contributed by atoms with Crippen molar-refractivity contribution < 1.29 is 5.11 Å². The third kappa shape index (κ3) is 3.11. The van der Waals surface area contributed by atoms with Crippen molar-refractivity contribution in [3.63, 3.8) is 0 Å². The average molecular weight is 171 g/mol. The molecular formula is C10H21NO. The van der Waals surface area contributed by atoms with Gasteiger partial charge in [-0.25, -0.2) is 0 Å². The molecule has 0 spiro atoms. The summed E-state index contributed by atoms with van der Waals surface area (Å²) in [4.78, 5) is 0. The van der Waals surface area contributed by atoms with E-state index in [0.29, 0.717) is 5.41 Å². The predicted octanol–water partition coefficient (Wildman–Crippen LogP) is 1.39. The minimum absolute atomic E-state index is 0.0330. The van der Waals surface area contributed by atoms with Crippen molar-refractivity contribution in [2.45, 2.75) is 33.6 Å². The third-order valence-corrected chi connectivity index (χ3v) is 2.69. The summed E-state index contributed by atoms with van der Waals surface area (Å²) in [6, 6.07) is 0. The van der Waals surface area contributed by atoms with Gasteiger partial charge in [-0.2, -0.15) is 0 Å². The number of hydrogen-bond acceptors (Lipinski definition) is 2. The number of aliphatic hydroxyl groups excluding tert-OH is 1. The van der Waals surface area contributed by atoms with Gasteiger partial charge < -0.3 is 10.4 Å². The van der Waals surface area contributed by atoms with Gasteiger partial charge in [0.05, 0.1) is 0 Å². The summed E-state index contributed by atoms with van der Waals surface area (Å²) in [5, 5.41) is 12.4. The molecule has 12 heavy (non-hydrogen) atoms. The van der Waals surface area contributed by atoms with Crippen molar-refractivity contribution in [2.24, 2.45) is 10.8 Å². The quantitative estimate of drug-likeness (QED) is 0.655. The van der Waals surface area contributed by atoms with Gasteiger partial charge in [0, 0.05) is 25.1 Å². The molecule has 1 saturated carbocycles. The number of hydrogen-bond donors (Lipinski definition) is 2. The van der Waals surface area contributed by atoms with Crippen LogP contribution in [0.5, 0.6) is 0 Å². The zero-order chi connectivity index (χ0) is 9.24. The minimum Gasteiger partial charge on any atom is -0.396 e. The molecule has 0 aromatic heterocycles. The molecule has 0 radical (unpaired) electrons. The van der Waals surface area contributed by atoms with Gasteiger partial charge >= 0.3 is 0 Å². The van der Waals surface area contributed by atoms with Crippen LogP contribution in [0.1, 0.15) is 33.6 Å². The van der Waals surface area contributed by atoms with E-state index in [1.807, 2.05) is 0 Å². The first-order valence-corrected chi connectivity index (χ1v) is 4.79. The van der Waals surface area contributed by atoms with Crippen LogP contribution in [-0.2, 0) is 0 Å². The SMILES string of the molecule is CC(C)(CO)CNCC1(C)CC1. The van der Waals surface area contributed by atoms with E-state index in [2.05, 4.69) is 26.1 Å². The highest BCUT2D eigenvalue weighted by Crippen LogP contribution is 2.44. The monoisotopic (exact) mass is 171 g/mol. The lowest BCUT2D eigenvalue weighted by Gasteiger charge is -2.23. The van der Waals surface area contributed by atoms with Gasteiger partial charge in [0.2, 0.25) is 0 Å². The van der Waals surface area contributed by atoms with E-state index in [4.69, 9.17) is 5.11 Å². The van der Waals surface area contributed by atoms with Gasteiger partial charge in [0.15, 0.2) is 0 Å². The molecule has 0 unspecified atom stereocenters. The van der Waals surface area contributed by atoms with Crippen LogP contribution < -0.4 is 5.32 Å². The average Bonchev–Trinajstić information content (AvgIpc) is 2.68. The molecule has 0 amide bonds. The molecule has 1 rings (SSSR count). The molecule has 0 bridgehead atoms. The van der Waals surface area contributed by atoms with E-state index in [9.17, 15) is 0 Å². The fourth-order valence-electron chi connectivity index (χ4n) is 1.15.